The highest BCUT2D eigenvalue weighted by Gasteiger charge is 2.09. The largest absolute Gasteiger partial charge is 0.411 e. The van der Waals surface area contributed by atoms with Gasteiger partial charge in [-0.3, -0.25) is 0 Å². The summed E-state index contributed by atoms with van der Waals surface area (Å²) in [6, 6.07) is 14.2. The fourth-order valence-corrected chi connectivity index (χ4v) is 4.20. The highest BCUT2D eigenvalue weighted by Crippen LogP contribution is 2.26. The number of benzene rings is 2. The Kier molecular flexibility index (Phi) is 6.71. The minimum absolute atomic E-state index is 0.287. The van der Waals surface area contributed by atoms with Crippen molar-refractivity contribution < 1.29 is 8.81 Å². The minimum Gasteiger partial charge on any atom is -0.411 e. The highest BCUT2D eigenvalue weighted by atomic mass is 32.2. The normalized spacial score (nSPS) is 11.2. The van der Waals surface area contributed by atoms with Crippen LogP contribution in [-0.2, 0) is 0 Å². The Balaban J connectivity index is 1.11. The van der Waals surface area contributed by atoms with Gasteiger partial charge in [-0.05, 0) is 60.9 Å². The van der Waals surface area contributed by atoms with Crippen LogP contribution < -0.4 is 10.6 Å². The van der Waals surface area contributed by atoms with E-state index < -0.39 is 0 Å². The first-order chi connectivity index (χ1) is 14.3. The molecule has 6 nitrogen and oxygen atoms in total. The molecule has 0 bridgehead atoms. The summed E-state index contributed by atoms with van der Waals surface area (Å²) in [5, 5.41) is 16.5. The molecule has 2 N–H and O–H groups in total. The van der Waals surface area contributed by atoms with Crippen LogP contribution in [0.3, 0.4) is 0 Å². The first kappa shape index (κ1) is 19.8. The lowest BCUT2D eigenvalue weighted by Gasteiger charge is -2.05. The highest BCUT2D eigenvalue weighted by molar-refractivity contribution is 7.99. The van der Waals surface area contributed by atoms with Gasteiger partial charge in [0.05, 0.1) is 4.70 Å². The Labute approximate surface area is 176 Å². The number of rotatable bonds is 10. The molecule has 2 aromatic heterocycles. The van der Waals surface area contributed by atoms with Gasteiger partial charge in [0.2, 0.25) is 5.89 Å². The topological polar surface area (TPSA) is 75.9 Å². The van der Waals surface area contributed by atoms with Crippen LogP contribution in [0.25, 0.3) is 21.5 Å². The molecule has 0 saturated carbocycles. The Morgan fingerprint density at radius 3 is 2.76 bits per heavy atom. The van der Waals surface area contributed by atoms with E-state index >= 15 is 0 Å². The van der Waals surface area contributed by atoms with E-state index in [0.29, 0.717) is 16.7 Å². The third-order valence-electron chi connectivity index (χ3n) is 4.19. The van der Waals surface area contributed by atoms with Gasteiger partial charge in [0.25, 0.3) is 5.22 Å². The van der Waals surface area contributed by atoms with Crippen molar-refractivity contribution in [3.8, 4) is 11.5 Å². The van der Waals surface area contributed by atoms with E-state index in [-0.39, 0.29) is 5.82 Å². The van der Waals surface area contributed by atoms with Gasteiger partial charge in [-0.2, -0.15) is 4.37 Å². The molecule has 0 radical (unpaired) electrons. The van der Waals surface area contributed by atoms with Crippen LogP contribution in [0.1, 0.15) is 6.42 Å². The number of anilines is 1. The van der Waals surface area contributed by atoms with Gasteiger partial charge < -0.3 is 15.1 Å². The number of nitrogens with zero attached hydrogens (tertiary/aromatic N) is 3. The van der Waals surface area contributed by atoms with E-state index in [9.17, 15) is 4.39 Å². The van der Waals surface area contributed by atoms with Crippen molar-refractivity contribution in [3.05, 3.63) is 54.3 Å². The van der Waals surface area contributed by atoms with Gasteiger partial charge in [0, 0.05) is 29.8 Å². The first-order valence-electron chi connectivity index (χ1n) is 9.31. The van der Waals surface area contributed by atoms with E-state index in [0.717, 1.165) is 37.6 Å². The smallest absolute Gasteiger partial charge is 0.276 e. The van der Waals surface area contributed by atoms with E-state index in [1.54, 1.807) is 12.1 Å². The number of aromatic nitrogens is 3. The zero-order valence-electron chi connectivity index (χ0n) is 15.6. The maximum atomic E-state index is 13.0. The predicted octanol–water partition coefficient (Wildman–Crippen LogP) is 4.67. The minimum atomic E-state index is -0.287. The molecule has 0 atom stereocenters. The molecule has 4 aromatic rings. The van der Waals surface area contributed by atoms with E-state index in [2.05, 4.69) is 37.3 Å². The Bertz CT molecular complexity index is 1050. The molecule has 29 heavy (non-hydrogen) atoms. The third-order valence-corrected chi connectivity index (χ3v) is 5.92. The second-order valence-corrected chi connectivity index (χ2v) is 8.14. The fourth-order valence-electron chi connectivity index (χ4n) is 2.74. The van der Waals surface area contributed by atoms with Gasteiger partial charge in [0.1, 0.15) is 11.6 Å². The molecule has 0 aliphatic heterocycles. The molecule has 2 heterocycles. The van der Waals surface area contributed by atoms with Gasteiger partial charge >= 0.3 is 0 Å². The molecule has 4 rings (SSSR count). The number of thioether (sulfide) groups is 1. The number of fused-ring (bicyclic) bond motifs is 1. The molecule has 2 aromatic carbocycles. The predicted molar refractivity (Wildman–Crippen MR) is 116 cm³/mol. The van der Waals surface area contributed by atoms with Crippen LogP contribution >= 0.6 is 23.3 Å². The van der Waals surface area contributed by atoms with Gasteiger partial charge in [0.15, 0.2) is 0 Å². The standard InChI is InChI=1S/C20H20FN5OS2/c21-15-8-6-14(7-9-15)19-24-25-20(27-19)28-13-3-10-22-11-12-23-18-16-4-1-2-5-17(16)29-26-18/h1-2,4-9,22H,3,10-13H2,(H,23,26). The third kappa shape index (κ3) is 5.31. The lowest BCUT2D eigenvalue weighted by atomic mass is 10.2. The van der Waals surface area contributed by atoms with Crippen molar-refractivity contribution in [1.82, 2.24) is 19.9 Å². The molecule has 0 saturated heterocycles. The molecule has 0 aliphatic carbocycles. The lowest BCUT2D eigenvalue weighted by Crippen LogP contribution is -2.23. The monoisotopic (exact) mass is 429 g/mol. The molecular formula is C20H20FN5OS2. The van der Waals surface area contributed by atoms with Crippen LogP contribution in [0.15, 0.2) is 58.2 Å². The van der Waals surface area contributed by atoms with Gasteiger partial charge in [-0.25, -0.2) is 4.39 Å². The van der Waals surface area contributed by atoms with Gasteiger partial charge in [-0.15, -0.1) is 10.2 Å². The Morgan fingerprint density at radius 2 is 1.86 bits per heavy atom. The summed E-state index contributed by atoms with van der Waals surface area (Å²) in [5.74, 6) is 1.95. The summed E-state index contributed by atoms with van der Waals surface area (Å²) in [7, 11) is 0. The van der Waals surface area contributed by atoms with Crippen molar-refractivity contribution in [2.45, 2.75) is 11.6 Å². The molecule has 0 unspecified atom stereocenters. The summed E-state index contributed by atoms with van der Waals surface area (Å²) in [6.45, 7) is 2.60. The number of hydrogen-bond acceptors (Lipinski definition) is 8. The molecule has 0 aliphatic rings. The van der Waals surface area contributed by atoms with Crippen LogP contribution in [0.4, 0.5) is 10.2 Å². The SMILES string of the molecule is Fc1ccc(-c2nnc(SCCCNCCNc3nsc4ccccc34)o2)cc1. The fraction of sp³-hybridized carbons (Fsp3) is 0.250. The van der Waals surface area contributed by atoms with Crippen molar-refractivity contribution in [2.75, 3.05) is 30.7 Å². The quantitative estimate of drug-likeness (QED) is 0.280. The molecule has 0 amide bonds. The van der Waals surface area contributed by atoms with E-state index in [1.807, 2.05) is 12.1 Å². The molecule has 0 fully saturated rings. The van der Waals surface area contributed by atoms with E-state index in [1.165, 1.54) is 45.5 Å². The van der Waals surface area contributed by atoms with Crippen molar-refractivity contribution in [3.63, 3.8) is 0 Å². The second kappa shape index (κ2) is 9.82. The lowest BCUT2D eigenvalue weighted by molar-refractivity contribution is 0.465. The Morgan fingerprint density at radius 1 is 1.00 bits per heavy atom. The average molecular weight is 430 g/mol. The Hall–Kier alpha value is -2.49. The van der Waals surface area contributed by atoms with Crippen LogP contribution in [0.2, 0.25) is 0 Å². The second-order valence-electron chi connectivity index (χ2n) is 6.29. The molecule has 0 spiro atoms. The van der Waals surface area contributed by atoms with Crippen LogP contribution in [0, 0.1) is 5.82 Å². The first-order valence-corrected chi connectivity index (χ1v) is 11.1. The maximum absolute atomic E-state index is 13.0. The van der Waals surface area contributed by atoms with Gasteiger partial charge in [-0.1, -0.05) is 23.9 Å². The summed E-state index contributed by atoms with van der Waals surface area (Å²) >= 11 is 3.04. The number of hydrogen-bond donors (Lipinski definition) is 2. The molecule has 150 valence electrons. The summed E-state index contributed by atoms with van der Waals surface area (Å²) in [4.78, 5) is 0. The summed E-state index contributed by atoms with van der Waals surface area (Å²) in [6.07, 6.45) is 0.985. The number of nitrogens with one attached hydrogen (secondary N) is 2. The van der Waals surface area contributed by atoms with Crippen molar-refractivity contribution in [2.24, 2.45) is 0 Å². The van der Waals surface area contributed by atoms with Crippen molar-refractivity contribution in [1.29, 1.82) is 0 Å². The zero-order chi connectivity index (χ0) is 19.9. The molecule has 9 heteroatoms. The maximum Gasteiger partial charge on any atom is 0.276 e. The summed E-state index contributed by atoms with van der Waals surface area (Å²) in [5.41, 5.74) is 0.716. The molecular weight excluding hydrogens is 409 g/mol. The average Bonchev–Trinajstić information content (AvgIpc) is 3.38. The van der Waals surface area contributed by atoms with Crippen LogP contribution in [0.5, 0.6) is 0 Å². The number of halogens is 1. The van der Waals surface area contributed by atoms with E-state index in [4.69, 9.17) is 4.42 Å². The summed E-state index contributed by atoms with van der Waals surface area (Å²) < 4.78 is 24.2. The van der Waals surface area contributed by atoms with Crippen molar-refractivity contribution >= 4 is 39.2 Å². The zero-order valence-corrected chi connectivity index (χ0v) is 17.2. The van der Waals surface area contributed by atoms with Crippen LogP contribution in [-0.4, -0.2) is 40.0 Å².